The van der Waals surface area contributed by atoms with Gasteiger partial charge in [-0.15, -0.1) is 0 Å². The van der Waals surface area contributed by atoms with E-state index in [0.29, 0.717) is 12.8 Å². The van der Waals surface area contributed by atoms with E-state index in [-0.39, 0.29) is 24.5 Å². The summed E-state index contributed by atoms with van der Waals surface area (Å²) in [5, 5.41) is 0. The van der Waals surface area contributed by atoms with Gasteiger partial charge in [-0.3, -0.25) is 9.59 Å². The van der Waals surface area contributed by atoms with E-state index in [1.807, 2.05) is 0 Å². The fourth-order valence-electron chi connectivity index (χ4n) is 2.08. The molecule has 2 atom stereocenters. The maximum Gasteiger partial charge on any atom is 0.305 e. The second-order valence-corrected chi connectivity index (χ2v) is 3.86. The van der Waals surface area contributed by atoms with Gasteiger partial charge in [0.1, 0.15) is 5.78 Å². The maximum absolute atomic E-state index is 11.9. The van der Waals surface area contributed by atoms with Gasteiger partial charge in [0.2, 0.25) is 0 Å². The minimum Gasteiger partial charge on any atom is -0.469 e. The van der Waals surface area contributed by atoms with Crippen molar-refractivity contribution < 1.29 is 22.6 Å². The molecule has 0 aromatic rings. The Morgan fingerprint density at radius 1 is 1.81 bits per heavy atom. The highest BCUT2D eigenvalue weighted by atomic mass is 16.5. The van der Waals surface area contributed by atoms with Crippen molar-refractivity contribution in [2.24, 2.45) is 11.8 Å². The molecule has 0 heterocycles. The molecule has 3 nitrogen and oxygen atoms in total. The number of hydrogen-bond acceptors (Lipinski definition) is 3. The number of ether oxygens (including phenoxy) is 1. The summed E-state index contributed by atoms with van der Waals surface area (Å²) in [7, 11) is 1.26. The standard InChI is InChI=1S/C13H20O3/c1-3-4-5-6-11-10(7-8-12(11)14)9-13(15)16-2/h4-5,10-11H,3,6-9H2,1-2H3/b5-4-/t10-,11-/m0/s1/i1D3,3D2,4D. The Labute approximate surface area is 105 Å². The quantitative estimate of drug-likeness (QED) is 0.538. The summed E-state index contributed by atoms with van der Waals surface area (Å²) in [6.07, 6.45) is -0.572. The summed E-state index contributed by atoms with van der Waals surface area (Å²) in [6.45, 7) is -2.94. The number of hydrogen-bond donors (Lipinski definition) is 0. The smallest absolute Gasteiger partial charge is 0.305 e. The molecular weight excluding hydrogens is 204 g/mol. The molecule has 0 saturated heterocycles. The van der Waals surface area contributed by atoms with Crippen LogP contribution in [-0.2, 0) is 14.3 Å². The van der Waals surface area contributed by atoms with Crippen molar-refractivity contribution in [3.63, 3.8) is 0 Å². The summed E-state index contributed by atoms with van der Waals surface area (Å²) in [5.74, 6) is -1.17. The lowest BCUT2D eigenvalue weighted by Crippen LogP contribution is -2.18. The number of allylic oxidation sites excluding steroid dienone is 2. The van der Waals surface area contributed by atoms with Crippen molar-refractivity contribution in [1.29, 1.82) is 0 Å². The first-order valence-corrected chi connectivity index (χ1v) is 5.27. The van der Waals surface area contributed by atoms with E-state index < -0.39 is 31.2 Å². The first-order chi connectivity index (χ1) is 10.0. The number of carbonyl (C=O) groups is 2. The van der Waals surface area contributed by atoms with Gasteiger partial charge in [0.05, 0.1) is 8.48 Å². The van der Waals surface area contributed by atoms with Gasteiger partial charge in [0.25, 0.3) is 0 Å². The van der Waals surface area contributed by atoms with Crippen LogP contribution >= 0.6 is 0 Å². The monoisotopic (exact) mass is 230 g/mol. The number of carbonyl (C=O) groups excluding carboxylic acids is 2. The fraction of sp³-hybridized carbons (Fsp3) is 0.692. The predicted molar refractivity (Wildman–Crippen MR) is 61.9 cm³/mol. The van der Waals surface area contributed by atoms with Crippen LogP contribution in [0.25, 0.3) is 0 Å². The van der Waals surface area contributed by atoms with E-state index in [1.165, 1.54) is 7.11 Å². The lowest BCUT2D eigenvalue weighted by atomic mass is 9.89. The van der Waals surface area contributed by atoms with Gasteiger partial charge in [-0.2, -0.15) is 0 Å². The van der Waals surface area contributed by atoms with Gasteiger partial charge in [0, 0.05) is 25.6 Å². The Morgan fingerprint density at radius 3 is 3.31 bits per heavy atom. The van der Waals surface area contributed by atoms with E-state index in [4.69, 9.17) is 8.22 Å². The van der Waals surface area contributed by atoms with E-state index in [1.54, 1.807) is 0 Å². The summed E-state index contributed by atoms with van der Waals surface area (Å²) >= 11 is 0. The van der Waals surface area contributed by atoms with Crippen molar-refractivity contribution in [2.45, 2.75) is 38.9 Å². The largest absolute Gasteiger partial charge is 0.469 e. The molecule has 16 heavy (non-hydrogen) atoms. The Morgan fingerprint density at radius 2 is 2.62 bits per heavy atom. The molecule has 0 aliphatic heterocycles. The molecule has 1 saturated carbocycles. The van der Waals surface area contributed by atoms with Crippen molar-refractivity contribution in [3.05, 3.63) is 12.1 Å². The van der Waals surface area contributed by atoms with Gasteiger partial charge in [-0.25, -0.2) is 0 Å². The predicted octanol–water partition coefficient (Wildman–Crippen LogP) is 2.50. The summed E-state index contributed by atoms with van der Waals surface area (Å²) in [4.78, 5) is 23.2. The Kier molecular flexibility index (Phi) is 2.65. The SMILES string of the molecule is [2H]/C(=C/C[C@@H]1C(=O)CC[C@H]1CC(=O)OC)C([2H])([2H])C([2H])([2H])[2H]. The second kappa shape index (κ2) is 6.46. The zero-order valence-electron chi connectivity index (χ0n) is 15.3. The highest BCUT2D eigenvalue weighted by Gasteiger charge is 2.34. The maximum atomic E-state index is 11.9. The molecule has 1 fully saturated rings. The average Bonchev–Trinajstić information content (AvgIpc) is 2.75. The van der Waals surface area contributed by atoms with Gasteiger partial charge in [0.15, 0.2) is 0 Å². The molecule has 1 aliphatic carbocycles. The first kappa shape index (κ1) is 6.58. The van der Waals surface area contributed by atoms with Crippen molar-refractivity contribution in [1.82, 2.24) is 0 Å². The fourth-order valence-corrected chi connectivity index (χ4v) is 2.08. The number of Topliss-reactive ketones (excluding diaryl/α,β-unsaturated/α-hetero) is 1. The second-order valence-electron chi connectivity index (χ2n) is 3.86. The highest BCUT2D eigenvalue weighted by Crippen LogP contribution is 2.34. The number of methoxy groups -OCH3 is 1. The van der Waals surface area contributed by atoms with E-state index in [2.05, 4.69) is 4.74 Å². The van der Waals surface area contributed by atoms with Crippen LogP contribution < -0.4 is 0 Å². The zero-order chi connectivity index (χ0) is 17.1. The molecule has 0 radical (unpaired) electrons. The first-order valence-electron chi connectivity index (χ1n) is 8.27. The molecule has 90 valence electrons. The van der Waals surface area contributed by atoms with Crippen LogP contribution in [0.4, 0.5) is 0 Å². The Hall–Kier alpha value is -1.12. The molecule has 1 rings (SSSR count). The van der Waals surface area contributed by atoms with Gasteiger partial charge < -0.3 is 4.74 Å². The minimum absolute atomic E-state index is 0.0487. The lowest BCUT2D eigenvalue weighted by molar-refractivity contribution is -0.142. The summed E-state index contributed by atoms with van der Waals surface area (Å²) in [5.41, 5.74) is 0. The molecule has 0 aromatic carbocycles. The normalized spacial score (nSPS) is 33.1. The van der Waals surface area contributed by atoms with E-state index in [0.717, 1.165) is 6.08 Å². The van der Waals surface area contributed by atoms with Crippen molar-refractivity contribution in [3.8, 4) is 0 Å². The van der Waals surface area contributed by atoms with Crippen LogP contribution in [-0.4, -0.2) is 18.9 Å². The zero-order valence-corrected chi connectivity index (χ0v) is 9.29. The van der Waals surface area contributed by atoms with Crippen LogP contribution in [0, 0.1) is 11.8 Å². The molecule has 0 N–H and O–H groups in total. The number of ketones is 1. The van der Waals surface area contributed by atoms with Crippen LogP contribution in [0.15, 0.2) is 12.1 Å². The molecule has 0 unspecified atom stereocenters. The summed E-state index contributed by atoms with van der Waals surface area (Å²) < 4.78 is 48.5. The minimum atomic E-state index is -2.94. The van der Waals surface area contributed by atoms with Crippen LogP contribution in [0.3, 0.4) is 0 Å². The topological polar surface area (TPSA) is 43.4 Å². The highest BCUT2D eigenvalue weighted by molar-refractivity contribution is 5.84. The van der Waals surface area contributed by atoms with Crippen molar-refractivity contribution >= 4 is 11.8 Å². The van der Waals surface area contributed by atoms with Gasteiger partial charge in [-0.1, -0.05) is 19.0 Å². The molecular formula is C13H20O3. The third-order valence-electron chi connectivity index (χ3n) is 2.95. The molecule has 0 bridgehead atoms. The Balaban J connectivity index is 2.81. The summed E-state index contributed by atoms with van der Waals surface area (Å²) in [6, 6.07) is -0.663. The molecule has 1 aliphatic rings. The van der Waals surface area contributed by atoms with E-state index >= 15 is 0 Å². The number of esters is 1. The van der Waals surface area contributed by atoms with Crippen LogP contribution in [0.1, 0.15) is 47.1 Å². The molecule has 0 spiro atoms. The number of rotatable bonds is 5. The van der Waals surface area contributed by atoms with Gasteiger partial charge in [-0.05, 0) is 25.1 Å². The van der Waals surface area contributed by atoms with Crippen LogP contribution in [0.2, 0.25) is 0 Å². The van der Waals surface area contributed by atoms with E-state index in [9.17, 15) is 9.59 Å². The molecule has 0 aromatic heterocycles. The molecule has 0 amide bonds. The van der Waals surface area contributed by atoms with Gasteiger partial charge >= 0.3 is 5.97 Å². The lowest BCUT2D eigenvalue weighted by Gasteiger charge is -2.15. The van der Waals surface area contributed by atoms with Crippen molar-refractivity contribution in [2.75, 3.05) is 7.11 Å². The Bertz CT molecular complexity index is 469. The third kappa shape index (κ3) is 3.47. The third-order valence-corrected chi connectivity index (χ3v) is 2.95. The molecule has 3 heteroatoms. The van der Waals surface area contributed by atoms with Crippen LogP contribution in [0.5, 0.6) is 0 Å². The average molecular weight is 230 g/mol.